The van der Waals surface area contributed by atoms with Gasteiger partial charge in [0.25, 0.3) is 0 Å². The van der Waals surface area contributed by atoms with E-state index in [0.29, 0.717) is 15.8 Å². The van der Waals surface area contributed by atoms with Crippen LogP contribution in [0.15, 0.2) is 6.33 Å². The second-order valence-corrected chi connectivity index (χ2v) is 5.63. The maximum absolute atomic E-state index is 12.4. The van der Waals surface area contributed by atoms with Crippen LogP contribution < -0.4 is 5.32 Å². The number of fused-ring (bicyclic) bond motifs is 1. The zero-order valence-electron chi connectivity index (χ0n) is 11.2. The number of aromatic carboxylic acids is 1. The number of aromatic nitrogens is 2. The standard InChI is InChI=1S/C12H12F3N3O2S/c1-5(3-12(13,14)15)18-9-7-6(2)8(11(19)20)21-10(7)17-4-16-9/h4-5H,3H2,1-2H3,(H,19,20)(H,16,17,18). The predicted molar refractivity (Wildman–Crippen MR) is 72.9 cm³/mol. The largest absolute Gasteiger partial charge is 0.477 e. The molecule has 0 saturated heterocycles. The quantitative estimate of drug-likeness (QED) is 0.903. The van der Waals surface area contributed by atoms with Crippen molar-refractivity contribution < 1.29 is 23.1 Å². The maximum atomic E-state index is 12.4. The third-order valence-corrected chi connectivity index (χ3v) is 4.03. The molecule has 2 heterocycles. The van der Waals surface area contributed by atoms with E-state index in [1.54, 1.807) is 6.92 Å². The summed E-state index contributed by atoms with van der Waals surface area (Å²) in [5.74, 6) is -0.872. The fraction of sp³-hybridized carbons (Fsp3) is 0.417. The molecule has 0 aromatic carbocycles. The Labute approximate surface area is 121 Å². The first-order valence-corrected chi connectivity index (χ1v) is 6.81. The zero-order valence-corrected chi connectivity index (χ0v) is 12.0. The molecule has 0 radical (unpaired) electrons. The Kier molecular flexibility index (Phi) is 4.04. The Bertz CT molecular complexity index is 684. The fourth-order valence-electron chi connectivity index (χ4n) is 2.02. The second kappa shape index (κ2) is 5.47. The molecule has 0 amide bonds. The van der Waals surface area contributed by atoms with E-state index in [1.165, 1.54) is 13.3 Å². The van der Waals surface area contributed by atoms with Gasteiger partial charge in [-0.05, 0) is 19.4 Å². The van der Waals surface area contributed by atoms with Crippen LogP contribution in [0, 0.1) is 6.92 Å². The molecule has 0 bridgehead atoms. The van der Waals surface area contributed by atoms with Gasteiger partial charge in [-0.25, -0.2) is 14.8 Å². The number of alkyl halides is 3. The number of nitrogens with zero attached hydrogens (tertiary/aromatic N) is 2. The minimum Gasteiger partial charge on any atom is -0.477 e. The molecule has 9 heteroatoms. The van der Waals surface area contributed by atoms with E-state index >= 15 is 0 Å². The summed E-state index contributed by atoms with van der Waals surface area (Å²) in [5, 5.41) is 12.2. The second-order valence-electron chi connectivity index (χ2n) is 4.63. The zero-order chi connectivity index (χ0) is 15.8. The molecule has 2 aromatic rings. The lowest BCUT2D eigenvalue weighted by Crippen LogP contribution is -2.24. The summed E-state index contributed by atoms with van der Waals surface area (Å²) in [4.78, 5) is 19.6. The Hall–Kier alpha value is -1.90. The molecule has 0 aliphatic heterocycles. The van der Waals surface area contributed by atoms with Gasteiger partial charge in [-0.1, -0.05) is 0 Å². The van der Waals surface area contributed by atoms with Crippen LogP contribution >= 0.6 is 11.3 Å². The topological polar surface area (TPSA) is 75.1 Å². The highest BCUT2D eigenvalue weighted by Gasteiger charge is 2.30. The minimum atomic E-state index is -4.28. The van der Waals surface area contributed by atoms with Crippen LogP contribution in [0.2, 0.25) is 0 Å². The van der Waals surface area contributed by atoms with Crippen molar-refractivity contribution in [2.24, 2.45) is 0 Å². The van der Waals surface area contributed by atoms with Gasteiger partial charge < -0.3 is 10.4 Å². The molecule has 2 N–H and O–H groups in total. The molecule has 1 unspecified atom stereocenters. The molecule has 2 aromatic heterocycles. The number of rotatable bonds is 4. The number of nitrogens with one attached hydrogen (secondary N) is 1. The predicted octanol–water partition coefficient (Wildman–Crippen LogP) is 3.45. The molecule has 0 aliphatic carbocycles. The van der Waals surface area contributed by atoms with Crippen molar-refractivity contribution in [3.63, 3.8) is 0 Å². The Morgan fingerprint density at radius 3 is 2.71 bits per heavy atom. The van der Waals surface area contributed by atoms with E-state index in [4.69, 9.17) is 5.11 Å². The van der Waals surface area contributed by atoms with Crippen LogP contribution in [0.25, 0.3) is 10.2 Å². The van der Waals surface area contributed by atoms with E-state index in [9.17, 15) is 18.0 Å². The van der Waals surface area contributed by atoms with Crippen LogP contribution in [0.3, 0.4) is 0 Å². The average Bonchev–Trinajstić information content (AvgIpc) is 2.65. The van der Waals surface area contributed by atoms with Crippen molar-refractivity contribution in [1.82, 2.24) is 9.97 Å². The summed E-state index contributed by atoms with van der Waals surface area (Å²) in [7, 11) is 0. The van der Waals surface area contributed by atoms with Gasteiger partial charge in [-0.15, -0.1) is 11.3 Å². The first kappa shape index (κ1) is 15.5. The van der Waals surface area contributed by atoms with Crippen molar-refractivity contribution in [3.05, 3.63) is 16.8 Å². The summed E-state index contributed by atoms with van der Waals surface area (Å²) >= 11 is 0.974. The Balaban J connectivity index is 2.38. The molecule has 0 spiro atoms. The van der Waals surface area contributed by atoms with Crippen LogP contribution in [0.1, 0.15) is 28.6 Å². The van der Waals surface area contributed by atoms with Gasteiger partial charge in [0.15, 0.2) is 0 Å². The summed E-state index contributed by atoms with van der Waals surface area (Å²) < 4.78 is 37.1. The van der Waals surface area contributed by atoms with Gasteiger partial charge in [0.1, 0.15) is 21.9 Å². The molecular formula is C12H12F3N3O2S. The van der Waals surface area contributed by atoms with Crippen LogP contribution in [0.5, 0.6) is 0 Å². The van der Waals surface area contributed by atoms with Crippen molar-refractivity contribution in [3.8, 4) is 0 Å². The molecule has 5 nitrogen and oxygen atoms in total. The van der Waals surface area contributed by atoms with Gasteiger partial charge >= 0.3 is 12.1 Å². The first-order chi connectivity index (χ1) is 9.69. The smallest absolute Gasteiger partial charge is 0.391 e. The molecule has 1 atom stereocenters. The summed E-state index contributed by atoms with van der Waals surface area (Å²) in [6, 6.07) is -0.879. The molecule has 21 heavy (non-hydrogen) atoms. The number of hydrogen-bond donors (Lipinski definition) is 2. The highest BCUT2D eigenvalue weighted by atomic mass is 32.1. The maximum Gasteiger partial charge on any atom is 0.391 e. The van der Waals surface area contributed by atoms with Crippen molar-refractivity contribution in [2.45, 2.75) is 32.5 Å². The number of anilines is 1. The summed E-state index contributed by atoms with van der Waals surface area (Å²) in [6.07, 6.45) is -4.09. The highest BCUT2D eigenvalue weighted by Crippen LogP contribution is 2.34. The minimum absolute atomic E-state index is 0.108. The van der Waals surface area contributed by atoms with Crippen LogP contribution in [-0.2, 0) is 0 Å². The highest BCUT2D eigenvalue weighted by molar-refractivity contribution is 7.20. The van der Waals surface area contributed by atoms with Gasteiger partial charge in [-0.2, -0.15) is 13.2 Å². The lowest BCUT2D eigenvalue weighted by atomic mass is 10.2. The Morgan fingerprint density at radius 2 is 2.14 bits per heavy atom. The van der Waals surface area contributed by atoms with E-state index in [2.05, 4.69) is 15.3 Å². The molecule has 0 aliphatic rings. The number of thiophene rings is 1. The molecule has 114 valence electrons. The van der Waals surface area contributed by atoms with Crippen LogP contribution in [-0.4, -0.2) is 33.3 Å². The van der Waals surface area contributed by atoms with Crippen LogP contribution in [0.4, 0.5) is 19.0 Å². The average molecular weight is 319 g/mol. The number of carboxylic acids is 1. The van der Waals surface area contributed by atoms with E-state index in [1.807, 2.05) is 0 Å². The van der Waals surface area contributed by atoms with E-state index < -0.39 is 24.6 Å². The van der Waals surface area contributed by atoms with Crippen molar-refractivity contribution in [2.75, 3.05) is 5.32 Å². The molecule has 0 saturated carbocycles. The monoisotopic (exact) mass is 319 g/mol. The SMILES string of the molecule is Cc1c(C(=O)O)sc2ncnc(NC(C)CC(F)(F)F)c12. The van der Waals surface area contributed by atoms with E-state index in [-0.39, 0.29) is 10.7 Å². The van der Waals surface area contributed by atoms with Crippen molar-refractivity contribution in [1.29, 1.82) is 0 Å². The number of carboxylic acid groups (broad SMARTS) is 1. The first-order valence-electron chi connectivity index (χ1n) is 5.99. The normalized spacial score (nSPS) is 13.4. The molecular weight excluding hydrogens is 307 g/mol. The number of halogens is 3. The van der Waals surface area contributed by atoms with Gasteiger partial charge in [0.2, 0.25) is 0 Å². The van der Waals surface area contributed by atoms with Gasteiger partial charge in [0.05, 0.1) is 11.8 Å². The van der Waals surface area contributed by atoms with Gasteiger partial charge in [0, 0.05) is 6.04 Å². The fourth-order valence-corrected chi connectivity index (χ4v) is 3.00. The van der Waals surface area contributed by atoms with Gasteiger partial charge in [-0.3, -0.25) is 0 Å². The number of aryl methyl sites for hydroxylation is 1. The Morgan fingerprint density at radius 1 is 1.48 bits per heavy atom. The third kappa shape index (κ3) is 3.41. The number of hydrogen-bond acceptors (Lipinski definition) is 5. The summed E-state index contributed by atoms with van der Waals surface area (Å²) in [5.41, 5.74) is 0.449. The van der Waals surface area contributed by atoms with Crippen molar-refractivity contribution >= 4 is 33.3 Å². The lowest BCUT2D eigenvalue weighted by molar-refractivity contribution is -0.136. The molecule has 0 fully saturated rings. The molecule has 2 rings (SSSR count). The summed E-state index contributed by atoms with van der Waals surface area (Å²) in [6.45, 7) is 2.98. The van der Waals surface area contributed by atoms with E-state index in [0.717, 1.165) is 11.3 Å². The number of carbonyl (C=O) groups is 1. The lowest BCUT2D eigenvalue weighted by Gasteiger charge is -2.16. The third-order valence-electron chi connectivity index (χ3n) is 2.84.